The van der Waals surface area contributed by atoms with Gasteiger partial charge in [0.25, 0.3) is 0 Å². The van der Waals surface area contributed by atoms with Gasteiger partial charge >= 0.3 is 0 Å². The number of sulfone groups is 1. The number of aryl methyl sites for hydroxylation is 1. The highest BCUT2D eigenvalue weighted by molar-refractivity contribution is 7.92. The van der Waals surface area contributed by atoms with Crippen LogP contribution in [0.3, 0.4) is 0 Å². The Morgan fingerprint density at radius 3 is 2.43 bits per heavy atom. The van der Waals surface area contributed by atoms with Crippen molar-refractivity contribution in [2.24, 2.45) is 7.05 Å². The van der Waals surface area contributed by atoms with Crippen molar-refractivity contribution in [2.75, 3.05) is 0 Å². The Bertz CT molecular complexity index is 1080. The molecule has 0 aliphatic rings. The second-order valence-electron chi connectivity index (χ2n) is 8.05. The topological polar surface area (TPSA) is 80.6 Å². The molecule has 2 aromatic heterocycles. The van der Waals surface area contributed by atoms with E-state index in [0.717, 1.165) is 17.1 Å². The van der Waals surface area contributed by atoms with Gasteiger partial charge < -0.3 is 4.98 Å². The average molecular weight is 421 g/mol. The number of nitrogens with zero attached hydrogens (tertiary/aromatic N) is 3. The molecule has 3 aromatic rings. The summed E-state index contributed by atoms with van der Waals surface area (Å²) < 4.78 is 27.4. The smallest absolute Gasteiger partial charge is 0.181 e. The average Bonchev–Trinajstić information content (AvgIpc) is 3.21. The SMILES string of the molecule is CC(Cc1ncc(-c2cc(C(C)(C)C)nn2C)[nH]1)S(=O)(=O)c1ccc(Cl)cc1. The normalized spacial score (nSPS) is 13.6. The predicted molar refractivity (Wildman–Crippen MR) is 111 cm³/mol. The van der Waals surface area contributed by atoms with Gasteiger partial charge in [-0.15, -0.1) is 0 Å². The first-order chi connectivity index (χ1) is 13.0. The lowest BCUT2D eigenvalue weighted by Gasteiger charge is -2.13. The summed E-state index contributed by atoms with van der Waals surface area (Å²) in [5.74, 6) is 0.624. The van der Waals surface area contributed by atoms with Gasteiger partial charge in [0.05, 0.1) is 33.4 Å². The van der Waals surface area contributed by atoms with E-state index in [2.05, 4.69) is 35.8 Å². The molecule has 1 unspecified atom stereocenters. The maximum Gasteiger partial charge on any atom is 0.181 e. The van der Waals surface area contributed by atoms with Crippen LogP contribution in [0.2, 0.25) is 5.02 Å². The van der Waals surface area contributed by atoms with E-state index in [1.165, 1.54) is 12.1 Å². The molecule has 1 aromatic carbocycles. The maximum atomic E-state index is 12.8. The van der Waals surface area contributed by atoms with Crippen molar-refractivity contribution < 1.29 is 8.42 Å². The molecule has 0 saturated carbocycles. The minimum absolute atomic E-state index is 0.0555. The van der Waals surface area contributed by atoms with Gasteiger partial charge in [-0.3, -0.25) is 4.68 Å². The van der Waals surface area contributed by atoms with E-state index < -0.39 is 15.1 Å². The van der Waals surface area contributed by atoms with Crippen molar-refractivity contribution in [3.8, 4) is 11.4 Å². The molecule has 2 heterocycles. The molecule has 0 bridgehead atoms. The predicted octanol–water partition coefficient (Wildman–Crippen LogP) is 4.17. The first kappa shape index (κ1) is 20.6. The molecule has 1 N–H and O–H groups in total. The molecule has 0 aliphatic carbocycles. The van der Waals surface area contributed by atoms with Crippen LogP contribution in [-0.4, -0.2) is 33.4 Å². The summed E-state index contributed by atoms with van der Waals surface area (Å²) in [5.41, 5.74) is 2.66. The van der Waals surface area contributed by atoms with Gasteiger partial charge in [-0.2, -0.15) is 5.10 Å². The molecular weight excluding hydrogens is 396 g/mol. The number of halogens is 1. The molecule has 3 rings (SSSR count). The second-order valence-corrected chi connectivity index (χ2v) is 10.8. The Morgan fingerprint density at radius 2 is 1.86 bits per heavy atom. The van der Waals surface area contributed by atoms with Gasteiger partial charge in [-0.25, -0.2) is 13.4 Å². The minimum atomic E-state index is -3.47. The summed E-state index contributed by atoms with van der Waals surface area (Å²) in [6.07, 6.45) is 2.01. The number of hydrogen-bond acceptors (Lipinski definition) is 4. The van der Waals surface area contributed by atoms with E-state index in [0.29, 0.717) is 10.8 Å². The van der Waals surface area contributed by atoms with Crippen LogP contribution in [-0.2, 0) is 28.7 Å². The van der Waals surface area contributed by atoms with Gasteiger partial charge in [0.2, 0.25) is 0 Å². The number of H-pyrrole nitrogens is 1. The van der Waals surface area contributed by atoms with E-state index in [4.69, 9.17) is 11.6 Å². The fourth-order valence-electron chi connectivity index (χ4n) is 2.92. The van der Waals surface area contributed by atoms with Crippen LogP contribution in [0, 0.1) is 0 Å². The second kappa shape index (κ2) is 7.37. The van der Waals surface area contributed by atoms with Crippen molar-refractivity contribution in [1.29, 1.82) is 0 Å². The van der Waals surface area contributed by atoms with Gasteiger partial charge in [-0.05, 0) is 37.3 Å². The summed E-state index contributed by atoms with van der Waals surface area (Å²) in [6, 6.07) is 8.27. The Morgan fingerprint density at radius 1 is 1.21 bits per heavy atom. The van der Waals surface area contributed by atoms with Crippen molar-refractivity contribution in [2.45, 2.75) is 49.7 Å². The zero-order valence-corrected chi connectivity index (χ0v) is 18.3. The lowest BCUT2D eigenvalue weighted by atomic mass is 9.92. The molecule has 0 spiro atoms. The first-order valence-electron chi connectivity index (χ1n) is 9.06. The monoisotopic (exact) mass is 420 g/mol. The zero-order chi connectivity index (χ0) is 20.7. The Labute approximate surface area is 170 Å². The standard InChI is InChI=1S/C20H25ClN4O2S/c1-13(28(26,27)15-8-6-14(21)7-9-15)10-19-22-12-16(23-19)17-11-18(20(2,3)4)24-25(17)5/h6-9,11-13H,10H2,1-5H3,(H,22,23). The van der Waals surface area contributed by atoms with Gasteiger partial charge in [0, 0.05) is 23.9 Å². The van der Waals surface area contributed by atoms with E-state index in [9.17, 15) is 8.42 Å². The molecule has 6 nitrogen and oxygen atoms in total. The molecule has 0 amide bonds. The molecule has 0 saturated heterocycles. The first-order valence-corrected chi connectivity index (χ1v) is 11.0. The third-order valence-electron chi connectivity index (χ3n) is 4.71. The van der Waals surface area contributed by atoms with Crippen LogP contribution in [0.15, 0.2) is 41.4 Å². The number of imidazole rings is 1. The van der Waals surface area contributed by atoms with Crippen molar-refractivity contribution in [3.63, 3.8) is 0 Å². The fourth-order valence-corrected chi connectivity index (χ4v) is 4.40. The number of rotatable bonds is 5. The van der Waals surface area contributed by atoms with Crippen molar-refractivity contribution in [3.05, 3.63) is 53.1 Å². The summed E-state index contributed by atoms with van der Waals surface area (Å²) in [6.45, 7) is 8.02. The quantitative estimate of drug-likeness (QED) is 0.671. The number of aromatic nitrogens is 4. The highest BCUT2D eigenvalue weighted by Crippen LogP contribution is 2.26. The Hall–Kier alpha value is -2.12. The number of nitrogens with one attached hydrogen (secondary N) is 1. The zero-order valence-electron chi connectivity index (χ0n) is 16.7. The number of benzene rings is 1. The lowest BCUT2D eigenvalue weighted by molar-refractivity contribution is 0.553. The molecule has 0 aliphatic heterocycles. The summed E-state index contributed by atoms with van der Waals surface area (Å²) in [7, 11) is -1.58. The molecule has 0 radical (unpaired) electrons. The molecule has 8 heteroatoms. The third-order valence-corrected chi connectivity index (χ3v) is 7.11. The maximum absolute atomic E-state index is 12.8. The molecule has 0 fully saturated rings. The lowest BCUT2D eigenvalue weighted by Crippen LogP contribution is -2.21. The fraction of sp³-hybridized carbons (Fsp3) is 0.400. The largest absolute Gasteiger partial charge is 0.341 e. The van der Waals surface area contributed by atoms with E-state index in [1.54, 1.807) is 25.3 Å². The Balaban J connectivity index is 1.81. The molecule has 150 valence electrons. The minimum Gasteiger partial charge on any atom is -0.341 e. The summed E-state index contributed by atoms with van der Waals surface area (Å²) in [5, 5.41) is 4.46. The highest BCUT2D eigenvalue weighted by Gasteiger charge is 2.25. The van der Waals surface area contributed by atoms with E-state index in [1.807, 2.05) is 17.8 Å². The van der Waals surface area contributed by atoms with E-state index in [-0.39, 0.29) is 16.7 Å². The van der Waals surface area contributed by atoms with Crippen LogP contribution in [0.1, 0.15) is 39.2 Å². The third kappa shape index (κ3) is 4.15. The van der Waals surface area contributed by atoms with Crippen LogP contribution in [0.4, 0.5) is 0 Å². The van der Waals surface area contributed by atoms with Gasteiger partial charge in [-0.1, -0.05) is 32.4 Å². The highest BCUT2D eigenvalue weighted by atomic mass is 35.5. The van der Waals surface area contributed by atoms with Crippen LogP contribution < -0.4 is 0 Å². The van der Waals surface area contributed by atoms with E-state index >= 15 is 0 Å². The summed E-state index contributed by atoms with van der Waals surface area (Å²) >= 11 is 5.86. The molecule has 28 heavy (non-hydrogen) atoms. The van der Waals surface area contributed by atoms with Gasteiger partial charge in [0.15, 0.2) is 9.84 Å². The van der Waals surface area contributed by atoms with Crippen molar-refractivity contribution >= 4 is 21.4 Å². The van der Waals surface area contributed by atoms with Gasteiger partial charge in [0.1, 0.15) is 5.82 Å². The molecular formula is C20H25ClN4O2S. The summed E-state index contributed by atoms with van der Waals surface area (Å²) in [4.78, 5) is 7.89. The van der Waals surface area contributed by atoms with Crippen molar-refractivity contribution in [1.82, 2.24) is 19.7 Å². The van der Waals surface area contributed by atoms with Crippen LogP contribution in [0.25, 0.3) is 11.4 Å². The Kier molecular flexibility index (Phi) is 5.42. The number of hydrogen-bond donors (Lipinski definition) is 1. The molecule has 1 atom stereocenters. The van der Waals surface area contributed by atoms with Crippen LogP contribution in [0.5, 0.6) is 0 Å². The van der Waals surface area contributed by atoms with Crippen LogP contribution >= 0.6 is 11.6 Å². The number of aromatic amines is 1.